The first-order valence-electron chi connectivity index (χ1n) is 6.66. The maximum atomic E-state index is 12.0. The van der Waals surface area contributed by atoms with E-state index in [-0.39, 0.29) is 5.91 Å². The number of hydrogen-bond acceptors (Lipinski definition) is 4. The van der Waals surface area contributed by atoms with Gasteiger partial charge in [0, 0.05) is 18.7 Å². The molecular formula is C14H21N3O2. The zero-order valence-electron chi connectivity index (χ0n) is 11.0. The van der Waals surface area contributed by atoms with E-state index < -0.39 is 6.10 Å². The number of fused-ring (bicyclic) bond motifs is 1. The van der Waals surface area contributed by atoms with Crippen molar-refractivity contribution < 1.29 is 9.90 Å². The highest BCUT2D eigenvalue weighted by atomic mass is 16.3. The highest BCUT2D eigenvalue weighted by molar-refractivity contribution is 5.96. The lowest BCUT2D eigenvalue weighted by molar-refractivity contribution is -0.119. The zero-order chi connectivity index (χ0) is 13.8. The fourth-order valence-electron chi connectivity index (χ4n) is 2.43. The lowest BCUT2D eigenvalue weighted by Crippen LogP contribution is -2.41. The standard InChI is InChI=1S/C14H21N3O2/c15-6-5-12(18)9-17-13-3-1-10(8-16)7-11(13)2-4-14(17)19/h1,3,7,12,18H,2,4-6,8-9,15-16H2. The van der Waals surface area contributed by atoms with Gasteiger partial charge < -0.3 is 21.5 Å². The van der Waals surface area contributed by atoms with Crippen LogP contribution in [-0.4, -0.2) is 30.2 Å². The molecule has 1 aromatic carbocycles. The number of anilines is 1. The van der Waals surface area contributed by atoms with E-state index in [0.29, 0.717) is 32.5 Å². The molecule has 1 aliphatic heterocycles. The number of nitrogens with zero attached hydrogens (tertiary/aromatic N) is 1. The van der Waals surface area contributed by atoms with Crippen LogP contribution >= 0.6 is 0 Å². The number of aryl methyl sites for hydroxylation is 1. The molecule has 19 heavy (non-hydrogen) atoms. The topological polar surface area (TPSA) is 92.6 Å². The number of β-amino-alcohol motifs (C(OH)–C–C–N with tert-alkyl or cyclic N) is 1. The van der Waals surface area contributed by atoms with E-state index in [1.54, 1.807) is 4.90 Å². The van der Waals surface area contributed by atoms with Crippen molar-refractivity contribution in [3.05, 3.63) is 29.3 Å². The summed E-state index contributed by atoms with van der Waals surface area (Å²) in [7, 11) is 0. The summed E-state index contributed by atoms with van der Waals surface area (Å²) in [6.07, 6.45) is 1.15. The van der Waals surface area contributed by atoms with Crippen LogP contribution < -0.4 is 16.4 Å². The Morgan fingerprint density at radius 3 is 2.79 bits per heavy atom. The molecule has 0 saturated carbocycles. The number of aliphatic hydroxyl groups excluding tert-OH is 1. The highest BCUT2D eigenvalue weighted by Gasteiger charge is 2.25. The minimum atomic E-state index is -0.575. The second kappa shape index (κ2) is 6.14. The molecule has 0 spiro atoms. The van der Waals surface area contributed by atoms with Crippen LogP contribution in [0, 0.1) is 0 Å². The van der Waals surface area contributed by atoms with Crippen molar-refractivity contribution in [3.8, 4) is 0 Å². The SMILES string of the molecule is NCCC(O)CN1C(=O)CCc2cc(CN)ccc21. The largest absolute Gasteiger partial charge is 0.391 e. The van der Waals surface area contributed by atoms with E-state index in [1.807, 2.05) is 18.2 Å². The van der Waals surface area contributed by atoms with Crippen LogP contribution in [0.5, 0.6) is 0 Å². The number of amides is 1. The predicted molar refractivity (Wildman–Crippen MR) is 74.7 cm³/mol. The van der Waals surface area contributed by atoms with Crippen molar-refractivity contribution in [1.82, 2.24) is 0 Å². The Balaban J connectivity index is 2.22. The fourth-order valence-corrected chi connectivity index (χ4v) is 2.43. The van der Waals surface area contributed by atoms with Crippen LogP contribution in [0.25, 0.3) is 0 Å². The summed E-state index contributed by atoms with van der Waals surface area (Å²) in [5.74, 6) is 0.0593. The number of rotatable bonds is 5. The molecule has 0 saturated heterocycles. The van der Waals surface area contributed by atoms with Gasteiger partial charge in [0.1, 0.15) is 0 Å². The van der Waals surface area contributed by atoms with Gasteiger partial charge in [-0.3, -0.25) is 4.79 Å². The number of aliphatic hydroxyl groups is 1. The lowest BCUT2D eigenvalue weighted by Gasteiger charge is -2.31. The van der Waals surface area contributed by atoms with E-state index in [0.717, 1.165) is 23.2 Å². The third-order valence-electron chi connectivity index (χ3n) is 3.47. The molecule has 1 amide bonds. The van der Waals surface area contributed by atoms with Crippen molar-refractivity contribution in [2.45, 2.75) is 31.9 Å². The molecule has 1 atom stereocenters. The molecular weight excluding hydrogens is 242 g/mol. The molecule has 1 unspecified atom stereocenters. The third kappa shape index (κ3) is 3.12. The summed E-state index contributed by atoms with van der Waals surface area (Å²) in [6, 6.07) is 5.90. The zero-order valence-corrected chi connectivity index (χ0v) is 11.0. The van der Waals surface area contributed by atoms with Crippen LogP contribution in [0.4, 0.5) is 5.69 Å². The molecule has 5 heteroatoms. The van der Waals surface area contributed by atoms with Gasteiger partial charge in [0.15, 0.2) is 0 Å². The maximum absolute atomic E-state index is 12.0. The Labute approximate surface area is 113 Å². The fraction of sp³-hybridized carbons (Fsp3) is 0.500. The van der Waals surface area contributed by atoms with Gasteiger partial charge in [0.25, 0.3) is 0 Å². The quantitative estimate of drug-likeness (QED) is 0.704. The van der Waals surface area contributed by atoms with Crippen molar-refractivity contribution >= 4 is 11.6 Å². The minimum absolute atomic E-state index is 0.0593. The molecule has 0 fully saturated rings. The van der Waals surface area contributed by atoms with Crippen molar-refractivity contribution in [2.24, 2.45) is 11.5 Å². The molecule has 0 aromatic heterocycles. The number of carbonyl (C=O) groups excluding carboxylic acids is 1. The van der Waals surface area contributed by atoms with Gasteiger partial charge in [-0.2, -0.15) is 0 Å². The molecule has 1 heterocycles. The van der Waals surface area contributed by atoms with Crippen LogP contribution in [0.3, 0.4) is 0 Å². The average molecular weight is 263 g/mol. The summed E-state index contributed by atoms with van der Waals surface area (Å²) in [5, 5.41) is 9.85. The van der Waals surface area contributed by atoms with Crippen LogP contribution in [0.1, 0.15) is 24.0 Å². The molecule has 5 nitrogen and oxygen atoms in total. The average Bonchev–Trinajstić information content (AvgIpc) is 2.41. The van der Waals surface area contributed by atoms with Gasteiger partial charge in [-0.15, -0.1) is 0 Å². The van der Waals surface area contributed by atoms with Crippen LogP contribution in [0.15, 0.2) is 18.2 Å². The van der Waals surface area contributed by atoms with Gasteiger partial charge in [-0.25, -0.2) is 0 Å². The van der Waals surface area contributed by atoms with Gasteiger partial charge in [0.05, 0.1) is 12.6 Å². The van der Waals surface area contributed by atoms with Crippen molar-refractivity contribution in [2.75, 3.05) is 18.0 Å². The Kier molecular flexibility index (Phi) is 4.52. The Bertz CT molecular complexity index is 462. The summed E-state index contributed by atoms with van der Waals surface area (Å²) < 4.78 is 0. The summed E-state index contributed by atoms with van der Waals surface area (Å²) in [5.41, 5.74) is 14.1. The van der Waals surface area contributed by atoms with E-state index >= 15 is 0 Å². The van der Waals surface area contributed by atoms with Gasteiger partial charge >= 0.3 is 0 Å². The lowest BCUT2D eigenvalue weighted by atomic mass is 9.98. The van der Waals surface area contributed by atoms with Crippen molar-refractivity contribution in [3.63, 3.8) is 0 Å². The predicted octanol–water partition coefficient (Wildman–Crippen LogP) is 0.134. The first-order valence-corrected chi connectivity index (χ1v) is 6.66. The van der Waals surface area contributed by atoms with Crippen LogP contribution in [-0.2, 0) is 17.8 Å². The van der Waals surface area contributed by atoms with E-state index in [2.05, 4.69) is 0 Å². The van der Waals surface area contributed by atoms with Crippen molar-refractivity contribution in [1.29, 1.82) is 0 Å². The Hall–Kier alpha value is -1.43. The molecule has 104 valence electrons. The van der Waals surface area contributed by atoms with Gasteiger partial charge in [0.2, 0.25) is 5.91 Å². The second-order valence-corrected chi connectivity index (χ2v) is 4.90. The summed E-state index contributed by atoms with van der Waals surface area (Å²) in [6.45, 7) is 1.23. The van der Waals surface area contributed by atoms with E-state index in [9.17, 15) is 9.90 Å². The number of benzene rings is 1. The maximum Gasteiger partial charge on any atom is 0.227 e. The molecule has 1 aliphatic rings. The monoisotopic (exact) mass is 263 g/mol. The van der Waals surface area contributed by atoms with Gasteiger partial charge in [-0.1, -0.05) is 12.1 Å². The Morgan fingerprint density at radius 1 is 1.32 bits per heavy atom. The smallest absolute Gasteiger partial charge is 0.227 e. The molecule has 0 radical (unpaired) electrons. The number of carbonyl (C=O) groups is 1. The molecule has 0 aliphatic carbocycles. The minimum Gasteiger partial charge on any atom is -0.391 e. The first kappa shape index (κ1) is 14.0. The van der Waals surface area contributed by atoms with E-state index in [1.165, 1.54) is 0 Å². The number of nitrogens with two attached hydrogens (primary N) is 2. The first-order chi connectivity index (χ1) is 9.15. The van der Waals surface area contributed by atoms with E-state index in [4.69, 9.17) is 11.5 Å². The molecule has 0 bridgehead atoms. The van der Waals surface area contributed by atoms with Crippen LogP contribution in [0.2, 0.25) is 0 Å². The Morgan fingerprint density at radius 2 is 2.11 bits per heavy atom. The molecule has 5 N–H and O–H groups in total. The summed E-state index contributed by atoms with van der Waals surface area (Å²) >= 11 is 0. The normalized spacial score (nSPS) is 16.4. The summed E-state index contributed by atoms with van der Waals surface area (Å²) in [4.78, 5) is 13.7. The molecule has 2 rings (SSSR count). The second-order valence-electron chi connectivity index (χ2n) is 4.90. The highest BCUT2D eigenvalue weighted by Crippen LogP contribution is 2.29. The number of hydrogen-bond donors (Lipinski definition) is 3. The molecule has 1 aromatic rings. The third-order valence-corrected chi connectivity index (χ3v) is 3.47. The van der Waals surface area contributed by atoms with Gasteiger partial charge in [-0.05, 0) is 36.6 Å².